The van der Waals surface area contributed by atoms with Crippen LogP contribution in [-0.4, -0.2) is 9.78 Å². The zero-order chi connectivity index (χ0) is 22.8. The van der Waals surface area contributed by atoms with Gasteiger partial charge in [-0.25, -0.2) is 13.5 Å². The highest BCUT2D eigenvalue weighted by Crippen LogP contribution is 2.37. The quantitative estimate of drug-likeness (QED) is 0.264. The first kappa shape index (κ1) is 22.7. The van der Waals surface area contributed by atoms with Gasteiger partial charge in [-0.05, 0) is 66.9 Å². The van der Waals surface area contributed by atoms with Crippen LogP contribution in [0.2, 0.25) is 15.1 Å². The minimum atomic E-state index is -0.734. The van der Waals surface area contributed by atoms with Crippen LogP contribution in [0.3, 0.4) is 0 Å². The molecule has 10 heteroatoms. The maximum absolute atomic E-state index is 14.0. The first-order valence-corrected chi connectivity index (χ1v) is 11.1. The van der Waals surface area contributed by atoms with E-state index in [0.717, 1.165) is 28.3 Å². The third-order valence-corrected chi connectivity index (χ3v) is 6.19. The van der Waals surface area contributed by atoms with Crippen molar-refractivity contribution in [1.29, 1.82) is 0 Å². The molecule has 32 heavy (non-hydrogen) atoms. The Kier molecular flexibility index (Phi) is 6.81. The SMILES string of the molecule is Cc1cc(NSc2ccc(Cl)cc2Cl)cc(Cl)c1Oc1cnn(-c2ccc(F)cc2F)c1. The van der Waals surface area contributed by atoms with Gasteiger partial charge < -0.3 is 9.46 Å². The van der Waals surface area contributed by atoms with Gasteiger partial charge in [-0.1, -0.05) is 34.8 Å². The minimum Gasteiger partial charge on any atom is -0.452 e. The number of anilines is 1. The predicted octanol–water partition coefficient (Wildman–Crippen LogP) is 8.33. The molecule has 0 atom stereocenters. The monoisotopic (exact) mass is 511 g/mol. The maximum atomic E-state index is 14.0. The second-order valence-electron chi connectivity index (χ2n) is 6.70. The number of rotatable bonds is 6. The van der Waals surface area contributed by atoms with E-state index in [-0.39, 0.29) is 5.69 Å². The first-order chi connectivity index (χ1) is 15.3. The molecule has 0 aliphatic carbocycles. The summed E-state index contributed by atoms with van der Waals surface area (Å²) in [5.74, 6) is -0.613. The van der Waals surface area contributed by atoms with Crippen molar-refractivity contribution in [3.63, 3.8) is 0 Å². The number of aromatic nitrogens is 2. The molecule has 0 bridgehead atoms. The Labute approximate surface area is 202 Å². The maximum Gasteiger partial charge on any atom is 0.165 e. The van der Waals surface area contributed by atoms with Gasteiger partial charge in [0.15, 0.2) is 11.6 Å². The summed E-state index contributed by atoms with van der Waals surface area (Å²) in [7, 11) is 0. The zero-order valence-corrected chi connectivity index (χ0v) is 19.5. The van der Waals surface area contributed by atoms with Crippen molar-refractivity contribution >= 4 is 52.4 Å². The molecule has 0 saturated carbocycles. The van der Waals surface area contributed by atoms with Crippen LogP contribution in [0.5, 0.6) is 11.5 Å². The summed E-state index contributed by atoms with van der Waals surface area (Å²) in [6.07, 6.45) is 2.90. The van der Waals surface area contributed by atoms with Crippen molar-refractivity contribution in [2.75, 3.05) is 4.72 Å². The van der Waals surface area contributed by atoms with Crippen molar-refractivity contribution in [3.05, 3.63) is 93.2 Å². The summed E-state index contributed by atoms with van der Waals surface area (Å²) in [6.45, 7) is 1.84. The molecular formula is C22H14Cl3F2N3OS. The molecule has 4 aromatic rings. The molecule has 4 rings (SSSR count). The highest BCUT2D eigenvalue weighted by Gasteiger charge is 2.13. The number of aryl methyl sites for hydroxylation is 1. The third kappa shape index (κ3) is 5.13. The lowest BCUT2D eigenvalue weighted by Crippen LogP contribution is -1.98. The fourth-order valence-electron chi connectivity index (χ4n) is 2.87. The number of nitrogens with zero attached hydrogens (tertiary/aromatic N) is 2. The summed E-state index contributed by atoms with van der Waals surface area (Å²) in [4.78, 5) is 0.811. The van der Waals surface area contributed by atoms with Crippen LogP contribution in [0.1, 0.15) is 5.56 Å². The standard InChI is InChI=1S/C22H14Cl3F2N3OS/c1-12-6-15(29-32-21-5-2-13(23)7-17(21)24)9-18(25)22(12)31-16-10-28-30(11-16)20-4-3-14(26)8-19(20)27/h2-11,29H,1H3. The fourth-order valence-corrected chi connectivity index (χ4v) is 4.33. The third-order valence-electron chi connectivity index (χ3n) is 4.34. The van der Waals surface area contributed by atoms with Crippen LogP contribution in [0, 0.1) is 18.6 Å². The van der Waals surface area contributed by atoms with Crippen molar-refractivity contribution in [1.82, 2.24) is 9.78 Å². The topological polar surface area (TPSA) is 39.1 Å². The lowest BCUT2D eigenvalue weighted by Gasteiger charge is -2.13. The summed E-state index contributed by atoms with van der Waals surface area (Å²) >= 11 is 19.9. The number of ether oxygens (including phenoxy) is 1. The number of hydrogen-bond acceptors (Lipinski definition) is 4. The van der Waals surface area contributed by atoms with Crippen LogP contribution in [0.4, 0.5) is 14.5 Å². The van der Waals surface area contributed by atoms with E-state index in [1.54, 1.807) is 18.2 Å². The van der Waals surface area contributed by atoms with E-state index < -0.39 is 11.6 Å². The molecule has 1 aromatic heterocycles. The van der Waals surface area contributed by atoms with Gasteiger partial charge in [-0.15, -0.1) is 0 Å². The molecule has 0 amide bonds. The van der Waals surface area contributed by atoms with E-state index in [9.17, 15) is 8.78 Å². The average molecular weight is 513 g/mol. The highest BCUT2D eigenvalue weighted by atomic mass is 35.5. The van der Waals surface area contributed by atoms with Crippen LogP contribution < -0.4 is 9.46 Å². The second-order valence-corrected chi connectivity index (χ2v) is 8.80. The van der Waals surface area contributed by atoms with Gasteiger partial charge in [0.2, 0.25) is 0 Å². The molecule has 4 nitrogen and oxygen atoms in total. The molecule has 1 N–H and O–H groups in total. The molecule has 1 heterocycles. The molecule has 0 aliphatic rings. The number of nitrogens with one attached hydrogen (secondary N) is 1. The van der Waals surface area contributed by atoms with Gasteiger partial charge >= 0.3 is 0 Å². The molecule has 0 spiro atoms. The van der Waals surface area contributed by atoms with E-state index in [0.29, 0.717) is 26.6 Å². The molecule has 0 fully saturated rings. The van der Waals surface area contributed by atoms with Crippen molar-refractivity contribution in [2.24, 2.45) is 0 Å². The Morgan fingerprint density at radius 3 is 2.53 bits per heavy atom. The minimum absolute atomic E-state index is 0.0986. The lowest BCUT2D eigenvalue weighted by molar-refractivity contribution is 0.479. The lowest BCUT2D eigenvalue weighted by atomic mass is 10.2. The molecule has 0 aliphatic heterocycles. The van der Waals surface area contributed by atoms with Gasteiger partial charge in [0.25, 0.3) is 0 Å². The average Bonchev–Trinajstić information content (AvgIpc) is 3.18. The molecular weight excluding hydrogens is 499 g/mol. The van der Waals surface area contributed by atoms with Gasteiger partial charge in [-0.2, -0.15) is 5.10 Å². The summed E-state index contributed by atoms with van der Waals surface area (Å²) in [5.41, 5.74) is 1.62. The Morgan fingerprint density at radius 1 is 1.00 bits per heavy atom. The van der Waals surface area contributed by atoms with Gasteiger partial charge in [0.05, 0.1) is 22.4 Å². The Morgan fingerprint density at radius 2 is 1.81 bits per heavy atom. The summed E-state index contributed by atoms with van der Waals surface area (Å²) in [5, 5.41) is 5.54. The first-order valence-electron chi connectivity index (χ1n) is 9.16. The largest absolute Gasteiger partial charge is 0.452 e. The van der Waals surface area contributed by atoms with Crippen molar-refractivity contribution in [3.8, 4) is 17.2 Å². The van der Waals surface area contributed by atoms with Crippen molar-refractivity contribution in [2.45, 2.75) is 11.8 Å². The number of benzene rings is 3. The van der Waals surface area contributed by atoms with E-state index in [1.807, 2.05) is 19.1 Å². The van der Waals surface area contributed by atoms with E-state index in [1.165, 1.54) is 35.1 Å². The van der Waals surface area contributed by atoms with Crippen LogP contribution >= 0.6 is 46.8 Å². The number of halogens is 5. The molecule has 0 saturated heterocycles. The summed E-state index contributed by atoms with van der Waals surface area (Å²) in [6, 6.07) is 12.1. The Hall–Kier alpha value is -2.45. The van der Waals surface area contributed by atoms with Gasteiger partial charge in [-0.3, -0.25) is 0 Å². The normalized spacial score (nSPS) is 10.9. The molecule has 164 valence electrons. The Bertz CT molecular complexity index is 1280. The van der Waals surface area contributed by atoms with Crippen LogP contribution in [-0.2, 0) is 0 Å². The molecule has 0 unspecified atom stereocenters. The number of hydrogen-bond donors (Lipinski definition) is 1. The van der Waals surface area contributed by atoms with E-state index in [4.69, 9.17) is 39.5 Å². The van der Waals surface area contributed by atoms with Gasteiger partial charge in [0, 0.05) is 21.7 Å². The van der Waals surface area contributed by atoms with E-state index in [2.05, 4.69) is 9.82 Å². The van der Waals surface area contributed by atoms with Crippen LogP contribution in [0.15, 0.2) is 65.8 Å². The van der Waals surface area contributed by atoms with E-state index >= 15 is 0 Å². The zero-order valence-electron chi connectivity index (χ0n) is 16.4. The smallest absolute Gasteiger partial charge is 0.165 e. The predicted molar refractivity (Wildman–Crippen MR) is 126 cm³/mol. The molecule has 0 radical (unpaired) electrons. The second kappa shape index (κ2) is 9.58. The summed E-state index contributed by atoms with van der Waals surface area (Å²) < 4.78 is 37.5. The molecule has 3 aromatic carbocycles. The Balaban J connectivity index is 1.50. The fraction of sp³-hybridized carbons (Fsp3) is 0.0455. The van der Waals surface area contributed by atoms with Gasteiger partial charge in [0.1, 0.15) is 17.3 Å². The van der Waals surface area contributed by atoms with Crippen LogP contribution in [0.25, 0.3) is 5.69 Å². The van der Waals surface area contributed by atoms with Crippen molar-refractivity contribution < 1.29 is 13.5 Å². The highest BCUT2D eigenvalue weighted by molar-refractivity contribution is 8.00.